The summed E-state index contributed by atoms with van der Waals surface area (Å²) in [5.74, 6) is 0. The van der Waals surface area contributed by atoms with E-state index < -0.39 is 13.9 Å². The van der Waals surface area contributed by atoms with Gasteiger partial charge in [0.15, 0.2) is 13.9 Å². The van der Waals surface area contributed by atoms with Crippen LogP contribution in [0, 0.1) is 11.3 Å². The number of benzene rings is 1. The van der Waals surface area contributed by atoms with E-state index in [0.717, 1.165) is 5.56 Å². The molecule has 0 N–H and O–H groups in total. The first kappa shape index (κ1) is 13.4. The molecule has 0 aromatic heterocycles. The normalized spacial score (nSPS) is 15.2. The van der Waals surface area contributed by atoms with Crippen molar-refractivity contribution in [2.45, 2.75) is 25.2 Å². The summed E-state index contributed by atoms with van der Waals surface area (Å²) < 4.78 is 6.04. The molecule has 0 saturated carbocycles. The van der Waals surface area contributed by atoms with Crippen molar-refractivity contribution in [3.05, 3.63) is 35.9 Å². The molecule has 1 atom stereocenters. The maximum absolute atomic E-state index is 9.41. The van der Waals surface area contributed by atoms with E-state index in [-0.39, 0.29) is 0 Å². The van der Waals surface area contributed by atoms with Crippen LogP contribution in [0.25, 0.3) is 0 Å². The Bertz CT molecular complexity index is 382. The quantitative estimate of drug-likeness (QED) is 0.628. The Kier molecular flexibility index (Phi) is 4.31. The standard InChI is InChI=1S/C12H16BrNOSi/c1-16(2,3)15-12(9-13,10-14)11-7-5-4-6-8-11/h4-8H,9H2,1-3H3. The minimum Gasteiger partial charge on any atom is -0.396 e. The molecule has 0 radical (unpaired) electrons. The number of nitriles is 1. The predicted octanol–water partition coefficient (Wildman–Crippen LogP) is 3.65. The van der Waals surface area contributed by atoms with Crippen molar-refractivity contribution in [3.8, 4) is 6.07 Å². The van der Waals surface area contributed by atoms with Crippen LogP contribution in [0.1, 0.15) is 5.56 Å². The fraction of sp³-hybridized carbons (Fsp3) is 0.417. The summed E-state index contributed by atoms with van der Waals surface area (Å²) in [5, 5.41) is 9.90. The van der Waals surface area contributed by atoms with Crippen LogP contribution in [-0.4, -0.2) is 13.6 Å². The Morgan fingerprint density at radius 1 is 1.31 bits per heavy atom. The lowest BCUT2D eigenvalue weighted by molar-refractivity contribution is 0.147. The van der Waals surface area contributed by atoms with E-state index in [1.807, 2.05) is 30.3 Å². The Morgan fingerprint density at radius 2 is 1.88 bits per heavy atom. The summed E-state index contributed by atoms with van der Waals surface area (Å²) in [6.07, 6.45) is 0. The van der Waals surface area contributed by atoms with Crippen molar-refractivity contribution in [1.82, 2.24) is 0 Å². The third-order valence-electron chi connectivity index (χ3n) is 2.09. The van der Waals surface area contributed by atoms with Gasteiger partial charge in [-0.2, -0.15) is 5.26 Å². The smallest absolute Gasteiger partial charge is 0.186 e. The van der Waals surface area contributed by atoms with Crippen molar-refractivity contribution in [1.29, 1.82) is 5.26 Å². The van der Waals surface area contributed by atoms with Gasteiger partial charge in [-0.1, -0.05) is 46.3 Å². The molecule has 0 heterocycles. The highest BCUT2D eigenvalue weighted by molar-refractivity contribution is 9.09. The van der Waals surface area contributed by atoms with E-state index in [4.69, 9.17) is 4.43 Å². The van der Waals surface area contributed by atoms with Gasteiger partial charge in [0, 0.05) is 5.33 Å². The van der Waals surface area contributed by atoms with E-state index in [9.17, 15) is 5.26 Å². The highest BCUT2D eigenvalue weighted by Crippen LogP contribution is 2.30. The predicted molar refractivity (Wildman–Crippen MR) is 72.0 cm³/mol. The SMILES string of the molecule is C[Si](C)(C)OC(C#N)(CBr)c1ccccc1. The zero-order valence-corrected chi connectivity index (χ0v) is 12.4. The summed E-state index contributed by atoms with van der Waals surface area (Å²) in [5.41, 5.74) is 0.0583. The van der Waals surface area contributed by atoms with E-state index in [1.165, 1.54) is 0 Å². The van der Waals surface area contributed by atoms with Crippen molar-refractivity contribution in [2.75, 3.05) is 5.33 Å². The van der Waals surface area contributed by atoms with Crippen LogP contribution in [-0.2, 0) is 10.0 Å². The van der Waals surface area contributed by atoms with Crippen LogP contribution in [0.2, 0.25) is 19.6 Å². The summed E-state index contributed by atoms with van der Waals surface area (Å²) in [6, 6.07) is 12.0. The molecule has 0 spiro atoms. The molecule has 1 aromatic carbocycles. The van der Waals surface area contributed by atoms with Crippen LogP contribution in [0.5, 0.6) is 0 Å². The molecule has 4 heteroatoms. The monoisotopic (exact) mass is 297 g/mol. The van der Waals surface area contributed by atoms with Crippen LogP contribution in [0.3, 0.4) is 0 Å². The van der Waals surface area contributed by atoms with Gasteiger partial charge >= 0.3 is 0 Å². The number of rotatable bonds is 4. The molecule has 0 bridgehead atoms. The average molecular weight is 298 g/mol. The van der Waals surface area contributed by atoms with Crippen molar-refractivity contribution in [3.63, 3.8) is 0 Å². The second kappa shape index (κ2) is 5.13. The number of hydrogen-bond donors (Lipinski definition) is 0. The molecule has 0 saturated heterocycles. The number of nitrogens with zero attached hydrogens (tertiary/aromatic N) is 1. The Morgan fingerprint density at radius 3 is 2.25 bits per heavy atom. The van der Waals surface area contributed by atoms with E-state index in [2.05, 4.69) is 41.6 Å². The third kappa shape index (κ3) is 3.18. The zero-order valence-electron chi connectivity index (χ0n) is 9.83. The maximum Gasteiger partial charge on any atom is 0.186 e. The van der Waals surface area contributed by atoms with Crippen LogP contribution in [0.15, 0.2) is 30.3 Å². The lowest BCUT2D eigenvalue weighted by Crippen LogP contribution is -2.41. The molecule has 0 fully saturated rings. The molecular formula is C12H16BrNOSi. The topological polar surface area (TPSA) is 33.0 Å². The van der Waals surface area contributed by atoms with Crippen molar-refractivity contribution < 1.29 is 4.43 Å². The summed E-state index contributed by atoms with van der Waals surface area (Å²) in [6.45, 7) is 6.26. The van der Waals surface area contributed by atoms with E-state index in [0.29, 0.717) is 5.33 Å². The van der Waals surface area contributed by atoms with Gasteiger partial charge in [-0.15, -0.1) is 0 Å². The average Bonchev–Trinajstić information content (AvgIpc) is 2.26. The highest BCUT2D eigenvalue weighted by atomic mass is 79.9. The molecule has 1 aromatic rings. The number of halogens is 1. The second-order valence-electron chi connectivity index (χ2n) is 4.65. The molecule has 0 amide bonds. The Hall–Kier alpha value is -0.633. The molecule has 0 aliphatic carbocycles. The Balaban J connectivity index is 3.13. The van der Waals surface area contributed by atoms with Gasteiger partial charge in [-0.3, -0.25) is 0 Å². The lowest BCUT2D eigenvalue weighted by atomic mass is 9.98. The first-order valence-corrected chi connectivity index (χ1v) is 9.69. The lowest BCUT2D eigenvalue weighted by Gasteiger charge is -2.32. The first-order valence-electron chi connectivity index (χ1n) is 5.16. The molecule has 1 unspecified atom stereocenters. The molecule has 1 rings (SSSR count). The van der Waals surface area contributed by atoms with Gasteiger partial charge in [0.05, 0.1) is 0 Å². The van der Waals surface area contributed by atoms with Gasteiger partial charge < -0.3 is 4.43 Å². The molecule has 0 aliphatic rings. The van der Waals surface area contributed by atoms with Crippen molar-refractivity contribution in [2.24, 2.45) is 0 Å². The largest absolute Gasteiger partial charge is 0.396 e. The summed E-state index contributed by atoms with van der Waals surface area (Å²) >= 11 is 3.40. The maximum atomic E-state index is 9.41. The second-order valence-corrected chi connectivity index (χ2v) is 9.64. The molecule has 0 aliphatic heterocycles. The van der Waals surface area contributed by atoms with Gasteiger partial charge in [0.25, 0.3) is 0 Å². The fourth-order valence-corrected chi connectivity index (χ4v) is 3.57. The molecule has 86 valence electrons. The van der Waals surface area contributed by atoms with Gasteiger partial charge in [0.2, 0.25) is 0 Å². The van der Waals surface area contributed by atoms with E-state index in [1.54, 1.807) is 0 Å². The van der Waals surface area contributed by atoms with Gasteiger partial charge in [0.1, 0.15) is 6.07 Å². The van der Waals surface area contributed by atoms with Crippen molar-refractivity contribution >= 4 is 24.2 Å². The van der Waals surface area contributed by atoms with Gasteiger partial charge in [-0.25, -0.2) is 0 Å². The van der Waals surface area contributed by atoms with Crippen LogP contribution in [0.4, 0.5) is 0 Å². The highest BCUT2D eigenvalue weighted by Gasteiger charge is 2.37. The third-order valence-corrected chi connectivity index (χ3v) is 3.84. The summed E-state index contributed by atoms with van der Waals surface area (Å²) in [7, 11) is -1.77. The van der Waals surface area contributed by atoms with Crippen LogP contribution >= 0.6 is 15.9 Å². The van der Waals surface area contributed by atoms with Gasteiger partial charge in [-0.05, 0) is 25.2 Å². The molecular weight excluding hydrogens is 282 g/mol. The van der Waals surface area contributed by atoms with Crippen LogP contribution < -0.4 is 0 Å². The molecule has 2 nitrogen and oxygen atoms in total. The first-order chi connectivity index (χ1) is 7.43. The Labute approximate surface area is 106 Å². The van der Waals surface area contributed by atoms with E-state index >= 15 is 0 Å². The summed E-state index contributed by atoms with van der Waals surface area (Å²) in [4.78, 5) is 0. The minimum atomic E-state index is -1.77. The number of alkyl halides is 1. The fourth-order valence-electron chi connectivity index (χ4n) is 1.51. The molecule has 16 heavy (non-hydrogen) atoms. The minimum absolute atomic E-state index is 0.491. The number of hydrogen-bond acceptors (Lipinski definition) is 2. The zero-order chi connectivity index (χ0) is 12.2.